The predicted octanol–water partition coefficient (Wildman–Crippen LogP) is 3.55. The molecule has 0 amide bonds. The molecule has 2 aromatic rings. The van der Waals surface area contributed by atoms with E-state index in [0.717, 1.165) is 0 Å². The number of hydrogen-bond donors (Lipinski definition) is 0. The molecule has 2 nitrogen and oxygen atoms in total. The van der Waals surface area contributed by atoms with Crippen LogP contribution in [0.25, 0.3) is 11.3 Å². The number of hydrogen-bond acceptors (Lipinski definition) is 2. The van der Waals surface area contributed by atoms with Gasteiger partial charge in [-0.15, -0.1) is 0 Å². The van der Waals surface area contributed by atoms with Crippen LogP contribution >= 0.6 is 11.6 Å². The molecule has 4 heteroatoms. The Bertz CT molecular complexity index is 488. The summed E-state index contributed by atoms with van der Waals surface area (Å²) in [4.78, 5) is 10.7. The van der Waals surface area contributed by atoms with Gasteiger partial charge in [0.05, 0.1) is 5.56 Å². The second-order valence-corrected chi connectivity index (χ2v) is 3.33. The van der Waals surface area contributed by atoms with Crippen molar-refractivity contribution in [2.75, 3.05) is 0 Å². The molecule has 0 N–H and O–H groups in total. The first-order valence-electron chi connectivity index (χ1n) is 4.21. The molecule has 0 spiro atoms. The molecule has 76 valence electrons. The van der Waals surface area contributed by atoms with Crippen molar-refractivity contribution in [2.45, 2.75) is 0 Å². The molecule has 0 aliphatic carbocycles. The maximum Gasteiger partial charge on any atom is 0.194 e. The first kappa shape index (κ1) is 9.93. The van der Waals surface area contributed by atoms with E-state index >= 15 is 0 Å². The lowest BCUT2D eigenvalue weighted by Crippen LogP contribution is -1.81. The fourth-order valence-corrected chi connectivity index (χ4v) is 1.48. The van der Waals surface area contributed by atoms with Crippen molar-refractivity contribution >= 4 is 17.9 Å². The second-order valence-electron chi connectivity index (χ2n) is 2.96. The topological polar surface area (TPSA) is 30.2 Å². The van der Waals surface area contributed by atoms with Crippen LogP contribution in [0.1, 0.15) is 10.4 Å². The first-order chi connectivity index (χ1) is 7.20. The molecule has 0 aliphatic rings. The maximum absolute atomic E-state index is 12.7. The summed E-state index contributed by atoms with van der Waals surface area (Å²) in [5.74, 6) is 0.0130. The highest BCUT2D eigenvalue weighted by atomic mass is 35.5. The summed E-state index contributed by atoms with van der Waals surface area (Å²) in [6.45, 7) is 0. The molecule has 0 saturated heterocycles. The van der Waals surface area contributed by atoms with Crippen LogP contribution in [0.3, 0.4) is 0 Å². The van der Waals surface area contributed by atoms with Crippen molar-refractivity contribution in [2.24, 2.45) is 0 Å². The normalized spacial score (nSPS) is 10.3. The van der Waals surface area contributed by atoms with Crippen LogP contribution in [0, 0.1) is 5.82 Å². The average Bonchev–Trinajstić information content (AvgIpc) is 2.61. The lowest BCUT2D eigenvalue weighted by Gasteiger charge is -1.97. The minimum atomic E-state index is -0.343. The standard InChI is InChI=1S/C11H6ClFO2/c12-10-5-8(6-14)11(15-10)7-1-3-9(13)4-2-7/h1-6H. The fourth-order valence-electron chi connectivity index (χ4n) is 1.29. The van der Waals surface area contributed by atoms with Crippen molar-refractivity contribution in [1.82, 2.24) is 0 Å². The highest BCUT2D eigenvalue weighted by Gasteiger charge is 2.11. The first-order valence-corrected chi connectivity index (χ1v) is 4.59. The van der Waals surface area contributed by atoms with Gasteiger partial charge in [0.15, 0.2) is 11.5 Å². The molecule has 0 saturated carbocycles. The predicted molar refractivity (Wildman–Crippen MR) is 54.5 cm³/mol. The van der Waals surface area contributed by atoms with E-state index in [9.17, 15) is 9.18 Å². The van der Waals surface area contributed by atoms with Crippen molar-refractivity contribution in [3.05, 3.63) is 46.9 Å². The molecule has 0 atom stereocenters. The summed E-state index contributed by atoms with van der Waals surface area (Å²) in [5.41, 5.74) is 0.969. The van der Waals surface area contributed by atoms with E-state index in [1.165, 1.54) is 30.3 Å². The van der Waals surface area contributed by atoms with Gasteiger partial charge in [0, 0.05) is 11.6 Å². The number of aldehydes is 1. The van der Waals surface area contributed by atoms with Crippen molar-refractivity contribution in [3.8, 4) is 11.3 Å². The summed E-state index contributed by atoms with van der Waals surface area (Å²) < 4.78 is 17.8. The largest absolute Gasteiger partial charge is 0.444 e. The number of carbonyl (C=O) groups excluding carboxylic acids is 1. The van der Waals surface area contributed by atoms with Gasteiger partial charge in [-0.2, -0.15) is 0 Å². The molecule has 0 fully saturated rings. The third-order valence-electron chi connectivity index (χ3n) is 1.96. The average molecular weight is 225 g/mol. The molecule has 0 radical (unpaired) electrons. The van der Waals surface area contributed by atoms with Crippen LogP contribution in [0.4, 0.5) is 4.39 Å². The third kappa shape index (κ3) is 1.92. The molecule has 1 heterocycles. The zero-order valence-electron chi connectivity index (χ0n) is 7.54. The van der Waals surface area contributed by atoms with Crippen LogP contribution in [-0.4, -0.2) is 6.29 Å². The van der Waals surface area contributed by atoms with Crippen molar-refractivity contribution in [3.63, 3.8) is 0 Å². The molecular formula is C11H6ClFO2. The van der Waals surface area contributed by atoms with E-state index in [-0.39, 0.29) is 11.0 Å². The Hall–Kier alpha value is -1.61. The summed E-state index contributed by atoms with van der Waals surface area (Å²) in [5, 5.41) is 0.136. The van der Waals surface area contributed by atoms with Gasteiger partial charge < -0.3 is 4.42 Å². The minimum absolute atomic E-state index is 0.136. The zero-order valence-corrected chi connectivity index (χ0v) is 8.29. The lowest BCUT2D eigenvalue weighted by molar-refractivity contribution is 0.112. The van der Waals surface area contributed by atoms with Crippen LogP contribution in [0.2, 0.25) is 5.22 Å². The second kappa shape index (κ2) is 3.87. The molecular weight excluding hydrogens is 219 g/mol. The number of benzene rings is 1. The smallest absolute Gasteiger partial charge is 0.194 e. The minimum Gasteiger partial charge on any atom is -0.444 e. The zero-order chi connectivity index (χ0) is 10.8. The summed E-state index contributed by atoms with van der Waals surface area (Å²) in [6, 6.07) is 7.06. The molecule has 1 aromatic heterocycles. The van der Waals surface area contributed by atoms with E-state index in [1.54, 1.807) is 0 Å². The van der Waals surface area contributed by atoms with E-state index in [1.807, 2.05) is 0 Å². The Morgan fingerprint density at radius 3 is 2.53 bits per heavy atom. The Labute approximate surface area is 90.3 Å². The van der Waals surface area contributed by atoms with Gasteiger partial charge >= 0.3 is 0 Å². The highest BCUT2D eigenvalue weighted by Crippen LogP contribution is 2.28. The van der Waals surface area contributed by atoms with E-state index in [4.69, 9.17) is 16.0 Å². The Balaban J connectivity index is 2.52. The molecule has 2 rings (SSSR count). The van der Waals surface area contributed by atoms with Gasteiger partial charge in [0.2, 0.25) is 0 Å². The van der Waals surface area contributed by atoms with Crippen molar-refractivity contribution in [1.29, 1.82) is 0 Å². The summed E-state index contributed by atoms with van der Waals surface area (Å²) in [6.07, 6.45) is 0.647. The Morgan fingerprint density at radius 1 is 1.27 bits per heavy atom. The van der Waals surface area contributed by atoms with Gasteiger partial charge in [0.1, 0.15) is 11.6 Å². The van der Waals surface area contributed by atoms with Crippen LogP contribution < -0.4 is 0 Å². The highest BCUT2D eigenvalue weighted by molar-refractivity contribution is 6.29. The third-order valence-corrected chi connectivity index (χ3v) is 2.15. The Kier molecular flexibility index (Phi) is 2.56. The number of rotatable bonds is 2. The van der Waals surface area contributed by atoms with Gasteiger partial charge in [-0.25, -0.2) is 4.39 Å². The summed E-state index contributed by atoms with van der Waals surface area (Å²) in [7, 11) is 0. The Morgan fingerprint density at radius 2 is 1.93 bits per heavy atom. The van der Waals surface area contributed by atoms with Gasteiger partial charge in [-0.1, -0.05) is 0 Å². The lowest BCUT2D eigenvalue weighted by atomic mass is 10.1. The molecule has 0 bridgehead atoms. The summed E-state index contributed by atoms with van der Waals surface area (Å²) >= 11 is 5.63. The van der Waals surface area contributed by atoms with Crippen LogP contribution in [0.15, 0.2) is 34.7 Å². The quantitative estimate of drug-likeness (QED) is 0.731. The number of halogens is 2. The number of carbonyl (C=O) groups is 1. The van der Waals surface area contributed by atoms with E-state index in [0.29, 0.717) is 23.2 Å². The van der Waals surface area contributed by atoms with E-state index in [2.05, 4.69) is 0 Å². The molecule has 1 aromatic carbocycles. The van der Waals surface area contributed by atoms with Gasteiger partial charge in [0.25, 0.3) is 0 Å². The molecule has 15 heavy (non-hydrogen) atoms. The number of furan rings is 1. The molecule has 0 aliphatic heterocycles. The molecule has 0 unspecified atom stereocenters. The van der Waals surface area contributed by atoms with Crippen LogP contribution in [0.5, 0.6) is 0 Å². The van der Waals surface area contributed by atoms with Crippen LogP contribution in [-0.2, 0) is 0 Å². The monoisotopic (exact) mass is 224 g/mol. The van der Waals surface area contributed by atoms with E-state index < -0.39 is 0 Å². The SMILES string of the molecule is O=Cc1cc(Cl)oc1-c1ccc(F)cc1. The fraction of sp³-hybridized carbons (Fsp3) is 0. The van der Waals surface area contributed by atoms with Gasteiger partial charge in [-0.3, -0.25) is 4.79 Å². The van der Waals surface area contributed by atoms with Crippen molar-refractivity contribution < 1.29 is 13.6 Å². The maximum atomic E-state index is 12.7. The van der Waals surface area contributed by atoms with Gasteiger partial charge in [-0.05, 0) is 35.9 Å².